The van der Waals surface area contributed by atoms with Crippen molar-refractivity contribution >= 4 is 29.2 Å². The van der Waals surface area contributed by atoms with E-state index in [4.69, 9.17) is 16.7 Å². The summed E-state index contributed by atoms with van der Waals surface area (Å²) in [5, 5.41) is 12.1. The molecule has 0 spiro atoms. The van der Waals surface area contributed by atoms with E-state index in [2.05, 4.69) is 5.32 Å². The molecule has 0 aliphatic rings. The van der Waals surface area contributed by atoms with Gasteiger partial charge in [-0.25, -0.2) is 4.79 Å². The van der Waals surface area contributed by atoms with Crippen LogP contribution in [-0.2, 0) is 11.3 Å². The summed E-state index contributed by atoms with van der Waals surface area (Å²) in [5.74, 6) is -1.78. The Morgan fingerprint density at radius 3 is 2.43 bits per heavy atom. The molecule has 1 amide bonds. The third-order valence-corrected chi connectivity index (χ3v) is 2.95. The number of pyridine rings is 1. The quantitative estimate of drug-likeness (QED) is 0.902. The van der Waals surface area contributed by atoms with E-state index >= 15 is 0 Å². The van der Waals surface area contributed by atoms with Gasteiger partial charge in [0, 0.05) is 16.8 Å². The molecule has 0 saturated heterocycles. The molecule has 0 radical (unpaired) electrons. The van der Waals surface area contributed by atoms with E-state index in [1.807, 2.05) is 0 Å². The Labute approximate surface area is 124 Å². The number of hydrogen-bond donors (Lipinski definition) is 2. The van der Waals surface area contributed by atoms with Crippen molar-refractivity contribution in [3.05, 3.63) is 63.5 Å². The highest BCUT2D eigenvalue weighted by Crippen LogP contribution is 2.13. The third kappa shape index (κ3) is 3.70. The highest BCUT2D eigenvalue weighted by atomic mass is 35.5. The number of carbonyl (C=O) groups is 2. The smallest absolute Gasteiger partial charge is 0.352 e. The third-order valence-electron chi connectivity index (χ3n) is 2.70. The van der Waals surface area contributed by atoms with Crippen LogP contribution in [0.15, 0.2) is 47.3 Å². The van der Waals surface area contributed by atoms with Gasteiger partial charge in [0.25, 0.3) is 5.56 Å². The lowest BCUT2D eigenvalue weighted by Crippen LogP contribution is -2.30. The standard InChI is InChI=1S/C14H11ClN2O4/c15-9-4-6-10(7-5-9)16-12(18)8-17-11(14(20)21)2-1-3-13(17)19/h1-7H,8H2,(H,16,18)(H,20,21). The van der Waals surface area contributed by atoms with E-state index in [0.29, 0.717) is 10.7 Å². The molecule has 1 aromatic heterocycles. The molecule has 0 bridgehead atoms. The molecule has 2 aromatic rings. The van der Waals surface area contributed by atoms with Crippen LogP contribution < -0.4 is 10.9 Å². The average Bonchev–Trinajstić information content (AvgIpc) is 2.43. The molecule has 2 N–H and O–H groups in total. The van der Waals surface area contributed by atoms with E-state index in [0.717, 1.165) is 4.57 Å². The van der Waals surface area contributed by atoms with Crippen LogP contribution in [0, 0.1) is 0 Å². The monoisotopic (exact) mass is 306 g/mol. The van der Waals surface area contributed by atoms with Gasteiger partial charge in [0.05, 0.1) is 0 Å². The average molecular weight is 307 g/mol. The fourth-order valence-electron chi connectivity index (χ4n) is 1.75. The molecule has 7 heteroatoms. The maximum absolute atomic E-state index is 11.9. The van der Waals surface area contributed by atoms with E-state index in [9.17, 15) is 14.4 Å². The number of carboxylic acid groups (broad SMARTS) is 1. The van der Waals surface area contributed by atoms with Crippen molar-refractivity contribution < 1.29 is 14.7 Å². The molecule has 6 nitrogen and oxygen atoms in total. The SMILES string of the molecule is O=C(Cn1c(C(=O)O)cccc1=O)Nc1ccc(Cl)cc1. The molecule has 2 rings (SSSR count). The van der Waals surface area contributed by atoms with Crippen molar-refractivity contribution in [3.8, 4) is 0 Å². The number of carboxylic acids is 1. The van der Waals surface area contributed by atoms with Crippen molar-refractivity contribution in [1.82, 2.24) is 4.57 Å². The molecule has 1 heterocycles. The molecular weight excluding hydrogens is 296 g/mol. The maximum atomic E-state index is 11.9. The predicted octanol–water partition coefficient (Wildman–Crippen LogP) is 1.84. The Morgan fingerprint density at radius 1 is 1.14 bits per heavy atom. The number of nitrogens with one attached hydrogen (secondary N) is 1. The summed E-state index contributed by atoms with van der Waals surface area (Å²) in [4.78, 5) is 34.6. The zero-order valence-electron chi connectivity index (χ0n) is 10.7. The zero-order valence-corrected chi connectivity index (χ0v) is 11.5. The van der Waals surface area contributed by atoms with Crippen LogP contribution in [0.2, 0.25) is 5.02 Å². The normalized spacial score (nSPS) is 10.1. The van der Waals surface area contributed by atoms with Gasteiger partial charge in [-0.15, -0.1) is 0 Å². The number of halogens is 1. The first-order chi connectivity index (χ1) is 9.97. The molecule has 108 valence electrons. The molecule has 0 aliphatic heterocycles. The molecule has 0 atom stereocenters. The molecule has 0 aliphatic carbocycles. The summed E-state index contributed by atoms with van der Waals surface area (Å²) < 4.78 is 0.896. The van der Waals surface area contributed by atoms with Gasteiger partial charge in [-0.2, -0.15) is 0 Å². The Morgan fingerprint density at radius 2 is 1.81 bits per heavy atom. The zero-order chi connectivity index (χ0) is 15.4. The summed E-state index contributed by atoms with van der Waals surface area (Å²) in [5.41, 5.74) is -0.292. The van der Waals surface area contributed by atoms with Gasteiger partial charge in [-0.3, -0.25) is 14.2 Å². The van der Waals surface area contributed by atoms with E-state index in [1.165, 1.54) is 18.2 Å². The molecule has 0 unspecified atom stereocenters. The van der Waals surface area contributed by atoms with E-state index in [-0.39, 0.29) is 12.2 Å². The summed E-state index contributed by atoms with van der Waals surface area (Å²) in [7, 11) is 0. The lowest BCUT2D eigenvalue weighted by atomic mass is 10.3. The first-order valence-corrected chi connectivity index (χ1v) is 6.34. The van der Waals surface area contributed by atoms with Crippen LogP contribution >= 0.6 is 11.6 Å². The van der Waals surface area contributed by atoms with Crippen molar-refractivity contribution in [2.45, 2.75) is 6.54 Å². The predicted molar refractivity (Wildman–Crippen MR) is 77.7 cm³/mol. The van der Waals surface area contributed by atoms with Crippen molar-refractivity contribution in [3.63, 3.8) is 0 Å². The summed E-state index contributed by atoms with van der Waals surface area (Å²) in [6, 6.07) is 10.2. The van der Waals surface area contributed by atoms with Gasteiger partial charge in [0.1, 0.15) is 12.2 Å². The van der Waals surface area contributed by atoms with E-state index in [1.54, 1.807) is 24.3 Å². The van der Waals surface area contributed by atoms with Crippen LogP contribution in [0.25, 0.3) is 0 Å². The highest BCUT2D eigenvalue weighted by molar-refractivity contribution is 6.30. The fourth-order valence-corrected chi connectivity index (χ4v) is 1.87. The van der Waals surface area contributed by atoms with Crippen molar-refractivity contribution in [2.75, 3.05) is 5.32 Å². The van der Waals surface area contributed by atoms with Gasteiger partial charge in [0.2, 0.25) is 5.91 Å². The van der Waals surface area contributed by atoms with E-state index < -0.39 is 17.4 Å². The number of anilines is 1. The molecule has 0 saturated carbocycles. The van der Waals surface area contributed by atoms with Crippen LogP contribution in [-0.4, -0.2) is 21.6 Å². The maximum Gasteiger partial charge on any atom is 0.352 e. The van der Waals surface area contributed by atoms with Gasteiger partial charge in [-0.1, -0.05) is 17.7 Å². The number of aromatic carboxylic acids is 1. The lowest BCUT2D eigenvalue weighted by molar-refractivity contribution is -0.116. The number of aromatic nitrogens is 1. The van der Waals surface area contributed by atoms with Gasteiger partial charge >= 0.3 is 5.97 Å². The number of amides is 1. The molecular formula is C14H11ClN2O4. The number of carbonyl (C=O) groups excluding carboxylic acids is 1. The Kier molecular flexibility index (Phi) is 4.39. The molecule has 1 aromatic carbocycles. The van der Waals surface area contributed by atoms with Crippen molar-refractivity contribution in [2.24, 2.45) is 0 Å². The topological polar surface area (TPSA) is 88.4 Å². The lowest BCUT2D eigenvalue weighted by Gasteiger charge is -2.10. The second kappa shape index (κ2) is 6.23. The minimum Gasteiger partial charge on any atom is -0.477 e. The van der Waals surface area contributed by atoms with Crippen LogP contribution in [0.4, 0.5) is 5.69 Å². The molecule has 0 fully saturated rings. The van der Waals surface area contributed by atoms with Crippen LogP contribution in [0.3, 0.4) is 0 Å². The summed E-state index contributed by atoms with van der Waals surface area (Å²) in [6.45, 7) is -0.385. The number of rotatable bonds is 4. The first kappa shape index (κ1) is 14.8. The number of hydrogen-bond acceptors (Lipinski definition) is 3. The largest absolute Gasteiger partial charge is 0.477 e. The molecule has 21 heavy (non-hydrogen) atoms. The highest BCUT2D eigenvalue weighted by Gasteiger charge is 2.13. The number of nitrogens with zero attached hydrogens (tertiary/aromatic N) is 1. The first-order valence-electron chi connectivity index (χ1n) is 5.96. The van der Waals surface area contributed by atoms with Gasteiger partial charge < -0.3 is 10.4 Å². The second-order valence-corrected chi connectivity index (χ2v) is 4.63. The Hall–Kier alpha value is -2.60. The van der Waals surface area contributed by atoms with Crippen LogP contribution in [0.1, 0.15) is 10.5 Å². The minimum atomic E-state index is -1.27. The minimum absolute atomic E-state index is 0.242. The Bertz CT molecular complexity index is 737. The Balaban J connectivity index is 2.18. The second-order valence-electron chi connectivity index (χ2n) is 4.20. The fraction of sp³-hybridized carbons (Fsp3) is 0.0714. The van der Waals surface area contributed by atoms with Crippen molar-refractivity contribution in [1.29, 1.82) is 0 Å². The summed E-state index contributed by atoms with van der Waals surface area (Å²) in [6.07, 6.45) is 0. The number of benzene rings is 1. The van der Waals surface area contributed by atoms with Gasteiger partial charge in [-0.05, 0) is 30.3 Å². The van der Waals surface area contributed by atoms with Crippen LogP contribution in [0.5, 0.6) is 0 Å². The summed E-state index contributed by atoms with van der Waals surface area (Å²) >= 11 is 5.73. The van der Waals surface area contributed by atoms with Gasteiger partial charge in [0.15, 0.2) is 0 Å².